The molecule has 0 fully saturated rings. The molecule has 0 spiro atoms. The number of hydrogen-bond acceptors (Lipinski definition) is 6. The summed E-state index contributed by atoms with van der Waals surface area (Å²) in [7, 11) is 1.42. The Hall–Kier alpha value is -4.27. The highest BCUT2D eigenvalue weighted by Crippen LogP contribution is 2.38. The van der Waals surface area contributed by atoms with Crippen molar-refractivity contribution in [3.05, 3.63) is 94.3 Å². The zero-order valence-corrected chi connectivity index (χ0v) is 19.3. The fourth-order valence-electron chi connectivity index (χ4n) is 3.70. The minimum Gasteiger partial charge on any atom is -0.497 e. The molecule has 6 nitrogen and oxygen atoms in total. The normalized spacial score (nSPS) is 12.2. The van der Waals surface area contributed by atoms with E-state index in [-0.39, 0.29) is 28.9 Å². The number of carbonyl (C=O) groups excluding carboxylic acids is 1. The molecule has 36 heavy (non-hydrogen) atoms. The largest absolute Gasteiger partial charge is 0.497 e. The summed E-state index contributed by atoms with van der Waals surface area (Å²) in [6.07, 6.45) is -6.12. The Morgan fingerprint density at radius 3 is 2.25 bits per heavy atom. The van der Waals surface area contributed by atoms with Crippen molar-refractivity contribution in [1.82, 2.24) is 0 Å². The number of benzene rings is 3. The Morgan fingerprint density at radius 1 is 0.972 bits per heavy atom. The predicted octanol–water partition coefficient (Wildman–Crippen LogP) is 6.17. The zero-order valence-electron chi connectivity index (χ0n) is 19.3. The SMILES string of the molecule is CCOC(=O)C(Oc1ccc2c(=O)c(-c3ccc(OC)cc3)c(C(F)(F)F)oc2c1)c1ccccc1. The van der Waals surface area contributed by atoms with Gasteiger partial charge in [0.25, 0.3) is 0 Å². The standard InChI is InChI=1S/C27H21F3O6/c1-3-34-26(32)24(17-7-5-4-6-8-17)35-19-13-14-20-21(15-19)36-25(27(28,29)30)22(23(20)31)16-9-11-18(33-2)12-10-16/h4-15,24H,3H2,1-2H3. The van der Waals surface area contributed by atoms with Crippen LogP contribution in [0.15, 0.2) is 82.0 Å². The summed E-state index contributed by atoms with van der Waals surface area (Å²) in [6.45, 7) is 1.75. The highest BCUT2D eigenvalue weighted by Gasteiger charge is 2.39. The number of fused-ring (bicyclic) bond motifs is 1. The minimum atomic E-state index is -4.95. The van der Waals surface area contributed by atoms with E-state index in [9.17, 15) is 22.8 Å². The van der Waals surface area contributed by atoms with Gasteiger partial charge in [0, 0.05) is 11.6 Å². The third-order valence-corrected chi connectivity index (χ3v) is 5.36. The molecule has 4 rings (SSSR count). The molecule has 1 atom stereocenters. The predicted molar refractivity (Wildman–Crippen MR) is 126 cm³/mol. The summed E-state index contributed by atoms with van der Waals surface area (Å²) in [5.74, 6) is -1.66. The molecule has 1 aromatic heterocycles. The molecule has 0 bridgehead atoms. The van der Waals surface area contributed by atoms with Crippen molar-refractivity contribution in [3.8, 4) is 22.6 Å². The smallest absolute Gasteiger partial charge is 0.450 e. The number of methoxy groups -OCH3 is 1. The summed E-state index contributed by atoms with van der Waals surface area (Å²) in [5, 5.41) is -0.0754. The van der Waals surface area contributed by atoms with E-state index in [1.165, 1.54) is 43.5 Å². The molecule has 3 aromatic carbocycles. The number of alkyl halides is 3. The Kier molecular flexibility index (Phi) is 7.00. The molecule has 0 aliphatic heterocycles. The summed E-state index contributed by atoms with van der Waals surface area (Å²) < 4.78 is 63.0. The van der Waals surface area contributed by atoms with E-state index in [1.807, 2.05) is 0 Å². The fourth-order valence-corrected chi connectivity index (χ4v) is 3.70. The molecule has 0 aliphatic carbocycles. The molecule has 4 aromatic rings. The lowest BCUT2D eigenvalue weighted by molar-refractivity contribution is -0.152. The molecule has 1 heterocycles. The second-order valence-electron chi connectivity index (χ2n) is 7.68. The van der Waals surface area contributed by atoms with Crippen LogP contribution < -0.4 is 14.9 Å². The third kappa shape index (κ3) is 5.05. The van der Waals surface area contributed by atoms with Crippen LogP contribution in [0.25, 0.3) is 22.1 Å². The number of carbonyl (C=O) groups is 1. The van der Waals surface area contributed by atoms with E-state index in [1.54, 1.807) is 37.3 Å². The van der Waals surface area contributed by atoms with E-state index >= 15 is 0 Å². The second kappa shape index (κ2) is 10.2. The van der Waals surface area contributed by atoms with Crippen molar-refractivity contribution >= 4 is 16.9 Å². The third-order valence-electron chi connectivity index (χ3n) is 5.36. The number of esters is 1. The van der Waals surface area contributed by atoms with Gasteiger partial charge in [-0.2, -0.15) is 13.2 Å². The van der Waals surface area contributed by atoms with E-state index < -0.39 is 35.0 Å². The topological polar surface area (TPSA) is 75.0 Å². The van der Waals surface area contributed by atoms with Crippen LogP contribution in [0, 0.1) is 0 Å². The molecule has 186 valence electrons. The molecule has 0 saturated heterocycles. The molecule has 0 radical (unpaired) electrons. The van der Waals surface area contributed by atoms with Crippen molar-refractivity contribution in [3.63, 3.8) is 0 Å². The number of rotatable bonds is 7. The highest BCUT2D eigenvalue weighted by atomic mass is 19.4. The van der Waals surface area contributed by atoms with E-state index in [0.717, 1.165) is 6.07 Å². The van der Waals surface area contributed by atoms with Crippen LogP contribution in [-0.2, 0) is 15.7 Å². The van der Waals surface area contributed by atoms with Gasteiger partial charge < -0.3 is 18.6 Å². The zero-order chi connectivity index (χ0) is 25.9. The average molecular weight is 498 g/mol. The van der Waals surface area contributed by atoms with Crippen molar-refractivity contribution in [2.45, 2.75) is 19.2 Å². The summed E-state index contributed by atoms with van der Waals surface area (Å²) in [6, 6.07) is 18.0. The van der Waals surface area contributed by atoms with Crippen molar-refractivity contribution < 1.29 is 36.6 Å². The summed E-state index contributed by atoms with van der Waals surface area (Å²) >= 11 is 0. The number of hydrogen-bond donors (Lipinski definition) is 0. The van der Waals surface area contributed by atoms with Gasteiger partial charge in [-0.05, 0) is 36.8 Å². The quantitative estimate of drug-likeness (QED) is 0.284. The first-order valence-electron chi connectivity index (χ1n) is 10.9. The Morgan fingerprint density at radius 2 is 1.64 bits per heavy atom. The van der Waals surface area contributed by atoms with Gasteiger partial charge >= 0.3 is 12.1 Å². The van der Waals surface area contributed by atoms with Gasteiger partial charge in [0.2, 0.25) is 17.3 Å². The first-order valence-corrected chi connectivity index (χ1v) is 10.9. The van der Waals surface area contributed by atoms with Crippen LogP contribution in [0.3, 0.4) is 0 Å². The Labute approximate surface area is 203 Å². The lowest BCUT2D eigenvalue weighted by Gasteiger charge is -2.18. The van der Waals surface area contributed by atoms with Gasteiger partial charge in [0.15, 0.2) is 0 Å². The maximum absolute atomic E-state index is 14.0. The lowest BCUT2D eigenvalue weighted by Crippen LogP contribution is -2.21. The highest BCUT2D eigenvalue weighted by molar-refractivity contribution is 5.84. The molecule has 0 N–H and O–H groups in total. The van der Waals surface area contributed by atoms with Crippen LogP contribution in [0.1, 0.15) is 24.4 Å². The molecule has 0 saturated carbocycles. The minimum absolute atomic E-state index is 0.0258. The maximum atomic E-state index is 14.0. The maximum Gasteiger partial charge on any atom is 0.450 e. The van der Waals surface area contributed by atoms with Crippen molar-refractivity contribution in [2.75, 3.05) is 13.7 Å². The van der Waals surface area contributed by atoms with Gasteiger partial charge in [-0.25, -0.2) is 4.79 Å². The van der Waals surface area contributed by atoms with E-state index in [0.29, 0.717) is 11.3 Å². The first kappa shape index (κ1) is 24.8. The monoisotopic (exact) mass is 498 g/mol. The van der Waals surface area contributed by atoms with Crippen molar-refractivity contribution in [2.24, 2.45) is 0 Å². The van der Waals surface area contributed by atoms with Crippen LogP contribution in [0.5, 0.6) is 11.5 Å². The average Bonchev–Trinajstić information content (AvgIpc) is 2.87. The summed E-state index contributed by atoms with van der Waals surface area (Å²) in [4.78, 5) is 25.7. The van der Waals surface area contributed by atoms with Gasteiger partial charge in [0.1, 0.15) is 17.1 Å². The Bertz CT molecular complexity index is 1430. The Balaban J connectivity index is 1.82. The van der Waals surface area contributed by atoms with Crippen LogP contribution in [-0.4, -0.2) is 19.7 Å². The lowest BCUT2D eigenvalue weighted by atomic mass is 10.0. The molecular formula is C27H21F3O6. The van der Waals surface area contributed by atoms with Gasteiger partial charge in [-0.15, -0.1) is 0 Å². The van der Waals surface area contributed by atoms with Crippen molar-refractivity contribution in [1.29, 1.82) is 0 Å². The summed E-state index contributed by atoms with van der Waals surface area (Å²) in [5.41, 5.74) is -1.28. The molecule has 0 amide bonds. The van der Waals surface area contributed by atoms with Gasteiger partial charge in [-0.3, -0.25) is 4.79 Å². The molecule has 9 heteroatoms. The molecule has 0 aliphatic rings. The second-order valence-corrected chi connectivity index (χ2v) is 7.68. The van der Waals surface area contributed by atoms with E-state index in [4.69, 9.17) is 18.6 Å². The van der Waals surface area contributed by atoms with Gasteiger partial charge in [0.05, 0.1) is 24.7 Å². The van der Waals surface area contributed by atoms with Gasteiger partial charge in [-0.1, -0.05) is 42.5 Å². The fraction of sp³-hybridized carbons (Fsp3) is 0.185. The van der Waals surface area contributed by atoms with E-state index in [2.05, 4.69) is 0 Å². The van der Waals surface area contributed by atoms with Crippen LogP contribution in [0.4, 0.5) is 13.2 Å². The molecular weight excluding hydrogens is 477 g/mol. The molecule has 1 unspecified atom stereocenters. The first-order chi connectivity index (χ1) is 17.2. The van der Waals surface area contributed by atoms with Crippen LogP contribution >= 0.6 is 0 Å². The van der Waals surface area contributed by atoms with Crippen LogP contribution in [0.2, 0.25) is 0 Å². The number of halogens is 3. The number of ether oxygens (including phenoxy) is 3.